The summed E-state index contributed by atoms with van der Waals surface area (Å²) in [6.45, 7) is 3.88. The van der Waals surface area contributed by atoms with Crippen LogP contribution >= 0.6 is 11.3 Å². The number of nitrogens with one attached hydrogen (secondary N) is 1. The Morgan fingerprint density at radius 1 is 1.26 bits per heavy atom. The van der Waals surface area contributed by atoms with Crippen LogP contribution in [0.25, 0.3) is 10.7 Å². The molecule has 1 amide bonds. The summed E-state index contributed by atoms with van der Waals surface area (Å²) in [6, 6.07) is 7.26. The number of rotatable bonds is 5. The Bertz CT molecular complexity index is 1210. The fourth-order valence-electron chi connectivity index (χ4n) is 3.54. The zero-order valence-corrected chi connectivity index (χ0v) is 18.6. The second-order valence-electron chi connectivity index (χ2n) is 7.35. The number of benzene rings is 1. The topological polar surface area (TPSA) is 105 Å². The fourth-order valence-corrected chi connectivity index (χ4v) is 6.49. The van der Waals surface area contributed by atoms with E-state index < -0.39 is 15.8 Å². The molecule has 8 nitrogen and oxygen atoms in total. The maximum absolute atomic E-state index is 13.3. The van der Waals surface area contributed by atoms with Crippen molar-refractivity contribution in [1.29, 1.82) is 0 Å². The average molecular weight is 465 g/mol. The zero-order chi connectivity index (χ0) is 22.2. The normalized spacial score (nSPS) is 15.8. The standard InChI is InChI=1S/C20H21FN4O4S2/c1-12-18(11-17(30-12)19-22-13(2)29-24-19)31(27,28)25-8-6-14(7-9-25)20(26)23-16-5-3-4-15(21)10-16/h3-5,10-11,14H,6-9H2,1-2H3,(H,23,26). The highest BCUT2D eigenvalue weighted by Crippen LogP contribution is 2.35. The molecular weight excluding hydrogens is 443 g/mol. The van der Waals surface area contributed by atoms with Crippen LogP contribution in [-0.2, 0) is 14.8 Å². The quantitative estimate of drug-likeness (QED) is 0.619. The number of amides is 1. The van der Waals surface area contributed by atoms with Crippen LogP contribution in [0, 0.1) is 25.6 Å². The van der Waals surface area contributed by atoms with Gasteiger partial charge < -0.3 is 9.84 Å². The summed E-state index contributed by atoms with van der Waals surface area (Å²) < 4.78 is 46.1. The van der Waals surface area contributed by atoms with Gasteiger partial charge in [0.2, 0.25) is 27.6 Å². The molecule has 1 N–H and O–H groups in total. The Hall–Kier alpha value is -2.63. The highest BCUT2D eigenvalue weighted by atomic mass is 32.2. The minimum absolute atomic E-state index is 0.220. The van der Waals surface area contributed by atoms with Gasteiger partial charge in [0.25, 0.3) is 0 Å². The van der Waals surface area contributed by atoms with E-state index in [0.29, 0.717) is 40.0 Å². The summed E-state index contributed by atoms with van der Waals surface area (Å²) >= 11 is 1.29. The van der Waals surface area contributed by atoms with Crippen molar-refractivity contribution in [2.75, 3.05) is 18.4 Å². The summed E-state index contributed by atoms with van der Waals surface area (Å²) in [6.07, 6.45) is 0.779. The Labute approximate surface area is 183 Å². The highest BCUT2D eigenvalue weighted by molar-refractivity contribution is 7.89. The number of piperidine rings is 1. The second-order valence-corrected chi connectivity index (χ2v) is 10.5. The van der Waals surface area contributed by atoms with Gasteiger partial charge in [-0.25, -0.2) is 12.8 Å². The molecule has 3 heterocycles. The van der Waals surface area contributed by atoms with Crippen molar-refractivity contribution in [3.8, 4) is 10.7 Å². The summed E-state index contributed by atoms with van der Waals surface area (Å²) in [4.78, 5) is 18.1. The molecule has 3 aromatic rings. The summed E-state index contributed by atoms with van der Waals surface area (Å²) in [7, 11) is -3.71. The molecule has 1 aromatic carbocycles. The molecule has 1 fully saturated rings. The number of carbonyl (C=O) groups excluding carboxylic acids is 1. The molecule has 1 saturated heterocycles. The number of aromatic nitrogens is 2. The van der Waals surface area contributed by atoms with Gasteiger partial charge in [0.05, 0.1) is 9.77 Å². The lowest BCUT2D eigenvalue weighted by molar-refractivity contribution is -0.120. The van der Waals surface area contributed by atoms with E-state index in [1.165, 1.54) is 33.8 Å². The van der Waals surface area contributed by atoms with E-state index in [-0.39, 0.29) is 29.8 Å². The molecule has 0 atom stereocenters. The van der Waals surface area contributed by atoms with Crippen molar-refractivity contribution in [3.63, 3.8) is 0 Å². The largest absolute Gasteiger partial charge is 0.339 e. The van der Waals surface area contributed by atoms with Crippen LogP contribution < -0.4 is 5.32 Å². The van der Waals surface area contributed by atoms with E-state index in [1.807, 2.05) is 0 Å². The number of hydrogen-bond donors (Lipinski definition) is 1. The lowest BCUT2D eigenvalue weighted by atomic mass is 9.97. The van der Waals surface area contributed by atoms with E-state index in [4.69, 9.17) is 4.52 Å². The van der Waals surface area contributed by atoms with Gasteiger partial charge in [-0.15, -0.1) is 11.3 Å². The number of aryl methyl sites for hydroxylation is 2. The first-order chi connectivity index (χ1) is 14.7. The molecule has 4 rings (SSSR count). The van der Waals surface area contributed by atoms with Crippen LogP contribution in [0.2, 0.25) is 0 Å². The van der Waals surface area contributed by atoms with Crippen LogP contribution in [0.15, 0.2) is 39.8 Å². The third kappa shape index (κ3) is 4.53. The fraction of sp³-hybridized carbons (Fsp3) is 0.350. The molecule has 0 aliphatic carbocycles. The van der Waals surface area contributed by atoms with Gasteiger partial charge in [0.15, 0.2) is 0 Å². The van der Waals surface area contributed by atoms with Gasteiger partial charge in [-0.3, -0.25) is 4.79 Å². The first kappa shape index (κ1) is 21.6. The Morgan fingerprint density at radius 3 is 2.65 bits per heavy atom. The average Bonchev–Trinajstić information content (AvgIpc) is 3.34. The number of carbonyl (C=O) groups is 1. The molecule has 1 aliphatic heterocycles. The van der Waals surface area contributed by atoms with Crippen molar-refractivity contribution < 1.29 is 22.1 Å². The van der Waals surface area contributed by atoms with Gasteiger partial charge in [-0.2, -0.15) is 9.29 Å². The number of sulfonamides is 1. The van der Waals surface area contributed by atoms with Crippen molar-refractivity contribution in [2.45, 2.75) is 31.6 Å². The molecule has 0 saturated carbocycles. The number of halogens is 1. The first-order valence-electron chi connectivity index (χ1n) is 9.72. The predicted octanol–water partition coefficient (Wildman–Crippen LogP) is 3.59. The van der Waals surface area contributed by atoms with Crippen LogP contribution in [0.4, 0.5) is 10.1 Å². The third-order valence-electron chi connectivity index (χ3n) is 5.15. The molecular formula is C20H21FN4O4S2. The molecule has 0 spiro atoms. The van der Waals surface area contributed by atoms with Gasteiger partial charge >= 0.3 is 0 Å². The summed E-state index contributed by atoms with van der Waals surface area (Å²) in [5, 5.41) is 6.55. The lowest BCUT2D eigenvalue weighted by Crippen LogP contribution is -2.41. The monoisotopic (exact) mass is 464 g/mol. The molecule has 164 valence electrons. The predicted molar refractivity (Wildman–Crippen MR) is 114 cm³/mol. The Balaban J connectivity index is 1.43. The van der Waals surface area contributed by atoms with Crippen LogP contribution in [0.1, 0.15) is 23.6 Å². The van der Waals surface area contributed by atoms with Crippen LogP contribution in [-0.4, -0.2) is 41.9 Å². The number of hydrogen-bond acceptors (Lipinski definition) is 7. The molecule has 0 unspecified atom stereocenters. The van der Waals surface area contributed by atoms with E-state index in [2.05, 4.69) is 15.5 Å². The van der Waals surface area contributed by atoms with E-state index in [9.17, 15) is 17.6 Å². The van der Waals surface area contributed by atoms with Crippen molar-refractivity contribution in [1.82, 2.24) is 14.4 Å². The van der Waals surface area contributed by atoms with Crippen molar-refractivity contribution >= 4 is 33.0 Å². The molecule has 31 heavy (non-hydrogen) atoms. The van der Waals surface area contributed by atoms with E-state index in [1.54, 1.807) is 26.0 Å². The molecule has 1 aliphatic rings. The highest BCUT2D eigenvalue weighted by Gasteiger charge is 2.34. The molecule has 2 aromatic heterocycles. The molecule has 0 bridgehead atoms. The van der Waals surface area contributed by atoms with Gasteiger partial charge in [0.1, 0.15) is 5.82 Å². The number of nitrogens with zero attached hydrogens (tertiary/aromatic N) is 3. The minimum atomic E-state index is -3.71. The Kier molecular flexibility index (Phi) is 5.91. The van der Waals surface area contributed by atoms with Crippen molar-refractivity contribution in [2.24, 2.45) is 5.92 Å². The van der Waals surface area contributed by atoms with Gasteiger partial charge in [-0.1, -0.05) is 11.2 Å². The van der Waals surface area contributed by atoms with Crippen LogP contribution in [0.5, 0.6) is 0 Å². The van der Waals surface area contributed by atoms with Gasteiger partial charge in [0, 0.05) is 36.5 Å². The second kappa shape index (κ2) is 8.48. The SMILES string of the molecule is Cc1nc(-c2cc(S(=O)(=O)N3CCC(C(=O)Nc4cccc(F)c4)CC3)c(C)s2)no1. The minimum Gasteiger partial charge on any atom is -0.339 e. The number of thiophene rings is 1. The van der Waals surface area contributed by atoms with Crippen molar-refractivity contribution in [3.05, 3.63) is 46.9 Å². The molecule has 0 radical (unpaired) electrons. The number of anilines is 1. The smallest absolute Gasteiger partial charge is 0.244 e. The van der Waals surface area contributed by atoms with Gasteiger partial charge in [-0.05, 0) is 44.0 Å². The molecule has 11 heteroatoms. The van der Waals surface area contributed by atoms with E-state index in [0.717, 1.165) is 0 Å². The zero-order valence-electron chi connectivity index (χ0n) is 17.0. The lowest BCUT2D eigenvalue weighted by Gasteiger charge is -2.30. The summed E-state index contributed by atoms with van der Waals surface area (Å²) in [5.74, 6) is -0.232. The Morgan fingerprint density at radius 2 is 2.00 bits per heavy atom. The van der Waals surface area contributed by atoms with Crippen LogP contribution in [0.3, 0.4) is 0 Å². The van der Waals surface area contributed by atoms with E-state index >= 15 is 0 Å². The first-order valence-corrected chi connectivity index (χ1v) is 12.0. The maximum Gasteiger partial charge on any atom is 0.244 e. The summed E-state index contributed by atoms with van der Waals surface area (Å²) in [5.41, 5.74) is 0.387. The third-order valence-corrected chi connectivity index (χ3v) is 8.36. The maximum atomic E-state index is 13.3.